The second-order valence-corrected chi connectivity index (χ2v) is 19.6. The minimum Gasteiger partial charge on any atom is -0.184 e. The number of aryl methyl sites for hydroxylation is 6. The van der Waals surface area contributed by atoms with Crippen molar-refractivity contribution in [3.63, 3.8) is 0 Å². The molecule has 0 saturated carbocycles. The Balaban J connectivity index is 0.000000145. The number of benzene rings is 6. The quantitative estimate of drug-likeness (QED) is 0.105. The molecule has 1 heterocycles. The third kappa shape index (κ3) is 9.80. The maximum atomic E-state index is 4.93. The molecule has 8 aromatic carbocycles. The van der Waals surface area contributed by atoms with Crippen LogP contribution >= 0.6 is 17.0 Å². The van der Waals surface area contributed by atoms with Crippen LogP contribution < -0.4 is 10.4 Å². The molecule has 1 aliphatic heterocycles. The summed E-state index contributed by atoms with van der Waals surface area (Å²) in [6.45, 7) is 13.5. The molecule has 1 aliphatic rings. The molecule has 2 radical (unpaired) electrons. The number of rotatable bonds is 8. The Morgan fingerprint density at radius 1 is 0.483 bits per heavy atom. The zero-order valence-electron chi connectivity index (χ0n) is 34.8. The maximum Gasteiger partial charge on any atom is 0.0920 e. The van der Waals surface area contributed by atoms with E-state index in [1.54, 1.807) is 0 Å². The molecule has 0 spiro atoms. The third-order valence-corrected chi connectivity index (χ3v) is 12.7. The summed E-state index contributed by atoms with van der Waals surface area (Å²) in [6, 6.07) is 54.5. The summed E-state index contributed by atoms with van der Waals surface area (Å²) < 4.78 is 0. The third-order valence-electron chi connectivity index (χ3n) is 11.3. The zero-order chi connectivity index (χ0) is 41.0. The van der Waals surface area contributed by atoms with E-state index in [1.807, 2.05) is 6.07 Å². The molecule has 4 heteroatoms. The first-order chi connectivity index (χ1) is 28.4. The van der Waals surface area contributed by atoms with Crippen molar-refractivity contribution in [2.24, 2.45) is 0 Å². The van der Waals surface area contributed by atoms with E-state index in [2.05, 4.69) is 181 Å². The largest absolute Gasteiger partial charge is 0.184 e. The first-order valence-electron chi connectivity index (χ1n) is 20.8. The zero-order valence-corrected chi connectivity index (χ0v) is 39.7. The molecule has 0 nitrogen and oxygen atoms in total. The van der Waals surface area contributed by atoms with E-state index in [0.717, 1.165) is 48.0 Å². The van der Waals surface area contributed by atoms with Crippen LogP contribution in [0.4, 0.5) is 0 Å². The van der Waals surface area contributed by atoms with Crippen LogP contribution in [0.25, 0.3) is 54.9 Å². The first-order valence-corrected chi connectivity index (χ1v) is 28.2. The van der Waals surface area contributed by atoms with Gasteiger partial charge in [0.1, 0.15) is 0 Å². The average molecular weight is 892 g/mol. The van der Waals surface area contributed by atoms with Crippen LogP contribution in [0.3, 0.4) is 0 Å². The molecular weight excluding hydrogens is 839 g/mol. The summed E-state index contributed by atoms with van der Waals surface area (Å²) in [5.74, 6) is 0. The molecular formula is C54H53Cl2SiZr-3. The molecule has 0 aromatic heterocycles. The van der Waals surface area contributed by atoms with Gasteiger partial charge < -0.3 is 0 Å². The van der Waals surface area contributed by atoms with E-state index in [4.69, 9.17) is 17.0 Å². The molecule has 294 valence electrons. The van der Waals surface area contributed by atoms with Gasteiger partial charge in [0.2, 0.25) is 0 Å². The Labute approximate surface area is 368 Å². The van der Waals surface area contributed by atoms with Crippen molar-refractivity contribution < 1.29 is 20.8 Å². The summed E-state index contributed by atoms with van der Waals surface area (Å²) in [6.07, 6.45) is 6.52. The molecule has 9 rings (SSSR count). The van der Waals surface area contributed by atoms with Crippen LogP contribution in [0.2, 0.25) is 0 Å². The predicted molar refractivity (Wildman–Crippen MR) is 254 cm³/mol. The van der Waals surface area contributed by atoms with E-state index in [-0.39, 0.29) is 0 Å². The summed E-state index contributed by atoms with van der Waals surface area (Å²) in [5, 5.41) is 8.43. The van der Waals surface area contributed by atoms with Crippen LogP contribution in [0.15, 0.2) is 140 Å². The number of halogens is 2. The summed E-state index contributed by atoms with van der Waals surface area (Å²) in [7, 11) is 10.7. The van der Waals surface area contributed by atoms with Gasteiger partial charge in [0, 0.05) is 0 Å². The molecule has 0 N–H and O–H groups in total. The van der Waals surface area contributed by atoms with Gasteiger partial charge in [0.15, 0.2) is 0 Å². The fourth-order valence-corrected chi connectivity index (χ4v) is 9.59. The minimum atomic E-state index is -0.826. The molecule has 8 aromatic rings. The van der Waals surface area contributed by atoms with Crippen LogP contribution in [0, 0.1) is 6.07 Å². The Hall–Kier alpha value is -3.78. The molecule has 0 aliphatic carbocycles. The van der Waals surface area contributed by atoms with E-state index in [0.29, 0.717) is 0 Å². The van der Waals surface area contributed by atoms with Crippen molar-refractivity contribution in [1.82, 2.24) is 0 Å². The number of hydrogen-bond acceptors (Lipinski definition) is 0. The number of fused-ring (bicyclic) bond motifs is 5. The van der Waals surface area contributed by atoms with Gasteiger partial charge in [0.25, 0.3) is 0 Å². The Morgan fingerprint density at radius 3 is 1.38 bits per heavy atom. The van der Waals surface area contributed by atoms with Gasteiger partial charge in [-0.2, -0.15) is 41.6 Å². The van der Waals surface area contributed by atoms with Gasteiger partial charge in [-0.3, -0.25) is 0 Å². The van der Waals surface area contributed by atoms with Crippen molar-refractivity contribution in [2.45, 2.75) is 80.1 Å². The molecule has 0 saturated heterocycles. The average Bonchev–Trinajstić information content (AvgIpc) is 4.01. The van der Waals surface area contributed by atoms with Crippen LogP contribution in [-0.4, -0.2) is 9.52 Å². The van der Waals surface area contributed by atoms with E-state index < -0.39 is 20.8 Å². The van der Waals surface area contributed by atoms with Crippen molar-refractivity contribution >= 4 is 58.5 Å². The first kappa shape index (κ1) is 43.8. The van der Waals surface area contributed by atoms with Gasteiger partial charge >= 0.3 is 37.9 Å². The Morgan fingerprint density at radius 2 is 0.914 bits per heavy atom. The number of hydrogen-bond donors (Lipinski definition) is 0. The second kappa shape index (κ2) is 21.5. The maximum absolute atomic E-state index is 4.93. The van der Waals surface area contributed by atoms with Crippen LogP contribution in [0.5, 0.6) is 0 Å². The SMILES string of the molecule is CCc1cc2c(-c3ccccc3CC)c(CC)ccc2[cH-]1.CCc1cc2c(-c3ccccc3CC)c(CC)ccc2[cH-]1.[Cl][Zr][Cl].[c-]1cccc2c1[Si]c1ccccc1-2. The van der Waals surface area contributed by atoms with Gasteiger partial charge in [-0.15, -0.1) is 74.6 Å². The minimum absolute atomic E-state index is 0.795. The molecule has 0 unspecified atom stereocenters. The van der Waals surface area contributed by atoms with Crippen molar-refractivity contribution in [3.05, 3.63) is 179 Å². The summed E-state index contributed by atoms with van der Waals surface area (Å²) in [5.41, 5.74) is 17.2. The normalized spacial score (nSPS) is 11.1. The van der Waals surface area contributed by atoms with Crippen molar-refractivity contribution in [2.75, 3.05) is 0 Å². The molecule has 0 bridgehead atoms. The van der Waals surface area contributed by atoms with Crippen LogP contribution in [-0.2, 0) is 59.4 Å². The molecule has 0 atom stereocenters. The van der Waals surface area contributed by atoms with Gasteiger partial charge in [-0.05, 0) is 60.8 Å². The van der Waals surface area contributed by atoms with Crippen molar-refractivity contribution in [1.29, 1.82) is 0 Å². The van der Waals surface area contributed by atoms with Gasteiger partial charge in [-0.1, -0.05) is 147 Å². The van der Waals surface area contributed by atoms with E-state index in [9.17, 15) is 0 Å². The molecule has 0 fully saturated rings. The summed E-state index contributed by atoms with van der Waals surface area (Å²) >= 11 is -0.826. The van der Waals surface area contributed by atoms with Gasteiger partial charge in [-0.25, -0.2) is 0 Å². The molecule has 0 amide bonds. The summed E-state index contributed by atoms with van der Waals surface area (Å²) in [4.78, 5) is 0. The molecule has 58 heavy (non-hydrogen) atoms. The monoisotopic (exact) mass is 889 g/mol. The fraction of sp³-hybridized carbons (Fsp3) is 0.222. The standard InChI is InChI=1S/2C21H23.C12H7Si.2ClH.Zr/c2*1-4-15-13-18-12-11-17(6-3)21(20(18)14-15)19-10-8-7-9-16(19)5-2;1-3-7-11-9(5-1)10-6-2-4-8-12(10)13-11;;;/h2*7-14H,4-6H2,1-3H3;1-7H;2*1H;/q3*-1;;;+2/p-2. The topological polar surface area (TPSA) is 0 Å². The fourth-order valence-electron chi connectivity index (χ4n) is 8.28. The Bertz CT molecular complexity index is 2400. The smallest absolute Gasteiger partial charge is 0.0920 e. The van der Waals surface area contributed by atoms with E-state index in [1.165, 1.54) is 98.7 Å². The Kier molecular flexibility index (Phi) is 16.2. The van der Waals surface area contributed by atoms with Gasteiger partial charge in [0.05, 0.1) is 9.52 Å². The van der Waals surface area contributed by atoms with Crippen LogP contribution in [0.1, 0.15) is 74.9 Å². The van der Waals surface area contributed by atoms with Crippen molar-refractivity contribution in [3.8, 4) is 33.4 Å². The predicted octanol–water partition coefficient (Wildman–Crippen LogP) is 14.3. The second-order valence-electron chi connectivity index (χ2n) is 14.6. The van der Waals surface area contributed by atoms with E-state index >= 15 is 0 Å².